The van der Waals surface area contributed by atoms with Crippen molar-refractivity contribution in [2.75, 3.05) is 6.61 Å². The first-order valence-electron chi connectivity index (χ1n) is 7.81. The molecular formula is C18H15N3O3S. The molecule has 0 saturated carbocycles. The van der Waals surface area contributed by atoms with Crippen LogP contribution in [0.5, 0.6) is 11.5 Å². The maximum Gasteiger partial charge on any atom is 0.265 e. The summed E-state index contributed by atoms with van der Waals surface area (Å²) in [6.07, 6.45) is 2.58. The van der Waals surface area contributed by atoms with E-state index >= 15 is 0 Å². The summed E-state index contributed by atoms with van der Waals surface area (Å²) in [5.74, 6) is 0.991. The number of thiophene rings is 1. The van der Waals surface area contributed by atoms with E-state index in [1.54, 1.807) is 29.8 Å². The maximum atomic E-state index is 12.4. The fraction of sp³-hybridized carbons (Fsp3) is 0.167. The van der Waals surface area contributed by atoms with E-state index in [-0.39, 0.29) is 19.1 Å². The van der Waals surface area contributed by atoms with Gasteiger partial charge < -0.3 is 14.8 Å². The second kappa shape index (κ2) is 6.90. The van der Waals surface area contributed by atoms with Gasteiger partial charge in [-0.15, -0.1) is 11.3 Å². The van der Waals surface area contributed by atoms with Crippen LogP contribution in [-0.4, -0.2) is 28.6 Å². The van der Waals surface area contributed by atoms with Crippen molar-refractivity contribution >= 4 is 17.2 Å². The molecule has 0 bridgehead atoms. The molecule has 0 unspecified atom stereocenters. The number of carbonyl (C=O) groups excluding carboxylic acids is 1. The first kappa shape index (κ1) is 15.6. The van der Waals surface area contributed by atoms with Crippen LogP contribution in [0.1, 0.15) is 5.69 Å². The number of nitrogens with one attached hydrogen (secondary N) is 1. The minimum Gasteiger partial charge on any atom is -0.485 e. The smallest absolute Gasteiger partial charge is 0.265 e. The van der Waals surface area contributed by atoms with Crippen molar-refractivity contribution in [3.05, 3.63) is 59.9 Å². The van der Waals surface area contributed by atoms with Gasteiger partial charge in [-0.05, 0) is 23.6 Å². The van der Waals surface area contributed by atoms with Gasteiger partial charge in [0.15, 0.2) is 11.5 Å². The molecule has 1 N–H and O–H groups in total. The van der Waals surface area contributed by atoms with Gasteiger partial charge in [0, 0.05) is 12.4 Å². The third-order valence-corrected chi connectivity index (χ3v) is 4.64. The molecule has 1 atom stereocenters. The SMILES string of the molecule is O=C(NCc1nccnc1-c1cccs1)[C@@H]1COc2ccccc2O1. The number of rotatable bonds is 4. The summed E-state index contributed by atoms with van der Waals surface area (Å²) in [5.41, 5.74) is 1.50. The number of nitrogens with zero attached hydrogens (tertiary/aromatic N) is 2. The molecule has 1 aromatic carbocycles. The van der Waals surface area contributed by atoms with Crippen LogP contribution in [0.25, 0.3) is 10.6 Å². The number of aromatic nitrogens is 2. The number of benzene rings is 1. The second-order valence-electron chi connectivity index (χ2n) is 5.41. The number of hydrogen-bond donors (Lipinski definition) is 1. The minimum atomic E-state index is -0.684. The predicted octanol–water partition coefficient (Wildman–Crippen LogP) is 2.66. The van der Waals surface area contributed by atoms with Crippen LogP contribution in [0.15, 0.2) is 54.2 Å². The van der Waals surface area contributed by atoms with Crippen LogP contribution in [0.2, 0.25) is 0 Å². The van der Waals surface area contributed by atoms with Crippen LogP contribution in [0.4, 0.5) is 0 Å². The average molecular weight is 353 g/mol. The Morgan fingerprint density at radius 2 is 2.00 bits per heavy atom. The Bertz CT molecular complexity index is 883. The molecule has 6 nitrogen and oxygen atoms in total. The number of ether oxygens (including phenoxy) is 2. The maximum absolute atomic E-state index is 12.4. The molecule has 2 aromatic heterocycles. The molecule has 0 fully saturated rings. The van der Waals surface area contributed by atoms with Crippen LogP contribution >= 0.6 is 11.3 Å². The lowest BCUT2D eigenvalue weighted by Crippen LogP contribution is -2.43. The van der Waals surface area contributed by atoms with E-state index in [9.17, 15) is 4.79 Å². The van der Waals surface area contributed by atoms with Crippen LogP contribution in [-0.2, 0) is 11.3 Å². The van der Waals surface area contributed by atoms with Crippen molar-refractivity contribution in [2.24, 2.45) is 0 Å². The molecule has 0 aliphatic carbocycles. The van der Waals surface area contributed by atoms with Crippen LogP contribution in [0, 0.1) is 0 Å². The first-order chi connectivity index (χ1) is 12.3. The van der Waals surface area contributed by atoms with Crippen LogP contribution < -0.4 is 14.8 Å². The molecule has 7 heteroatoms. The summed E-state index contributed by atoms with van der Waals surface area (Å²) in [4.78, 5) is 22.2. The molecule has 1 aliphatic heterocycles. The number of hydrogen-bond acceptors (Lipinski definition) is 6. The second-order valence-corrected chi connectivity index (χ2v) is 6.36. The Kier molecular flexibility index (Phi) is 4.30. The van der Waals surface area contributed by atoms with E-state index in [1.807, 2.05) is 35.7 Å². The molecule has 4 rings (SSSR count). The van der Waals surface area contributed by atoms with Gasteiger partial charge in [0.05, 0.1) is 17.1 Å². The third-order valence-electron chi connectivity index (χ3n) is 3.76. The molecule has 126 valence electrons. The highest BCUT2D eigenvalue weighted by Gasteiger charge is 2.27. The summed E-state index contributed by atoms with van der Waals surface area (Å²) >= 11 is 1.58. The zero-order chi connectivity index (χ0) is 17.1. The minimum absolute atomic E-state index is 0.182. The molecule has 25 heavy (non-hydrogen) atoms. The van der Waals surface area contributed by atoms with Gasteiger partial charge in [-0.2, -0.15) is 0 Å². The normalized spacial score (nSPS) is 15.6. The van der Waals surface area contributed by atoms with Gasteiger partial charge in [-0.3, -0.25) is 14.8 Å². The highest BCUT2D eigenvalue weighted by molar-refractivity contribution is 7.13. The monoisotopic (exact) mass is 353 g/mol. The van der Waals surface area contributed by atoms with E-state index in [0.29, 0.717) is 11.5 Å². The Labute approximate surface area is 148 Å². The van der Waals surface area contributed by atoms with Gasteiger partial charge >= 0.3 is 0 Å². The number of para-hydroxylation sites is 2. The Balaban J connectivity index is 1.44. The van der Waals surface area contributed by atoms with Gasteiger partial charge in [-0.1, -0.05) is 18.2 Å². The van der Waals surface area contributed by atoms with Gasteiger partial charge in [0.25, 0.3) is 5.91 Å². The predicted molar refractivity (Wildman–Crippen MR) is 93.5 cm³/mol. The van der Waals surface area contributed by atoms with Gasteiger partial charge in [0.1, 0.15) is 12.3 Å². The average Bonchev–Trinajstić information content (AvgIpc) is 3.20. The number of fused-ring (bicyclic) bond motifs is 1. The lowest BCUT2D eigenvalue weighted by molar-refractivity contribution is -0.130. The van der Waals surface area contributed by atoms with Crippen molar-refractivity contribution < 1.29 is 14.3 Å². The fourth-order valence-corrected chi connectivity index (χ4v) is 3.29. The van der Waals surface area contributed by atoms with Crippen molar-refractivity contribution in [3.8, 4) is 22.1 Å². The summed E-state index contributed by atoms with van der Waals surface area (Å²) in [7, 11) is 0. The van der Waals surface area contributed by atoms with Crippen molar-refractivity contribution in [1.29, 1.82) is 0 Å². The molecule has 0 radical (unpaired) electrons. The van der Waals surface area contributed by atoms with Gasteiger partial charge in [0.2, 0.25) is 6.10 Å². The van der Waals surface area contributed by atoms with Crippen molar-refractivity contribution in [1.82, 2.24) is 15.3 Å². The molecule has 1 amide bonds. The summed E-state index contributed by atoms with van der Waals surface area (Å²) in [5, 5.41) is 4.84. The largest absolute Gasteiger partial charge is 0.485 e. The van der Waals surface area contributed by atoms with E-state index in [1.165, 1.54) is 0 Å². The topological polar surface area (TPSA) is 73.3 Å². The molecule has 1 aliphatic rings. The summed E-state index contributed by atoms with van der Waals surface area (Å²) < 4.78 is 11.3. The number of carbonyl (C=O) groups is 1. The summed E-state index contributed by atoms with van der Waals surface area (Å²) in [6.45, 7) is 0.461. The first-order valence-corrected chi connectivity index (χ1v) is 8.69. The highest BCUT2D eigenvalue weighted by Crippen LogP contribution is 2.31. The Morgan fingerprint density at radius 3 is 2.84 bits per heavy atom. The molecule has 0 saturated heterocycles. The zero-order valence-corrected chi connectivity index (χ0v) is 14.0. The highest BCUT2D eigenvalue weighted by atomic mass is 32.1. The standard InChI is InChI=1S/C18H15N3O3S/c22-18(15-11-23-13-4-1-2-5-14(13)24-15)21-10-12-17(20-8-7-19-12)16-6-3-9-25-16/h1-9,15H,10-11H2,(H,21,22)/t15-/m0/s1. The fourth-order valence-electron chi connectivity index (χ4n) is 2.55. The molecule has 0 spiro atoms. The molecular weight excluding hydrogens is 338 g/mol. The summed E-state index contributed by atoms with van der Waals surface area (Å²) in [6, 6.07) is 11.2. The van der Waals surface area contributed by atoms with E-state index in [2.05, 4.69) is 15.3 Å². The van der Waals surface area contributed by atoms with Gasteiger partial charge in [-0.25, -0.2) is 0 Å². The van der Waals surface area contributed by atoms with Crippen molar-refractivity contribution in [3.63, 3.8) is 0 Å². The third kappa shape index (κ3) is 3.32. The number of amides is 1. The van der Waals surface area contributed by atoms with E-state index in [4.69, 9.17) is 9.47 Å². The van der Waals surface area contributed by atoms with Crippen molar-refractivity contribution in [2.45, 2.75) is 12.6 Å². The zero-order valence-electron chi connectivity index (χ0n) is 13.2. The lowest BCUT2D eigenvalue weighted by atomic mass is 10.2. The Hall–Kier alpha value is -2.93. The Morgan fingerprint density at radius 1 is 1.16 bits per heavy atom. The lowest BCUT2D eigenvalue weighted by Gasteiger charge is -2.25. The molecule has 3 heterocycles. The molecule has 3 aromatic rings. The van der Waals surface area contributed by atoms with E-state index < -0.39 is 6.10 Å². The quantitative estimate of drug-likeness (QED) is 0.781. The van der Waals surface area contributed by atoms with E-state index in [0.717, 1.165) is 16.3 Å². The van der Waals surface area contributed by atoms with Crippen LogP contribution in [0.3, 0.4) is 0 Å².